The molecule has 0 aliphatic carbocycles. The second-order valence-corrected chi connectivity index (χ2v) is 5.93. The lowest BCUT2D eigenvalue weighted by molar-refractivity contribution is -0.384. The number of carbonyl (C=O) groups is 1. The summed E-state index contributed by atoms with van der Waals surface area (Å²) in [5, 5.41) is 14.0. The third-order valence-electron chi connectivity index (χ3n) is 3.27. The topological polar surface area (TPSA) is 75.5 Å². The fourth-order valence-electron chi connectivity index (χ4n) is 2.23. The van der Waals surface area contributed by atoms with Gasteiger partial charge in [0.05, 0.1) is 4.92 Å². The van der Waals surface area contributed by atoms with Crippen LogP contribution in [0.5, 0.6) is 0 Å². The Hall–Kier alpha value is -1.38. The van der Waals surface area contributed by atoms with E-state index in [9.17, 15) is 14.9 Å². The average molecular weight is 389 g/mol. The number of hydrogen-bond donors (Lipinski definition) is 1. The highest BCUT2D eigenvalue weighted by atomic mass is 127. The van der Waals surface area contributed by atoms with Crippen LogP contribution in [-0.4, -0.2) is 35.4 Å². The number of hydrogen-bond acceptors (Lipinski definition) is 4. The van der Waals surface area contributed by atoms with Gasteiger partial charge in [-0.05, 0) is 47.6 Å². The van der Waals surface area contributed by atoms with E-state index in [2.05, 4.69) is 5.32 Å². The number of nitrogens with zero attached hydrogens (tertiary/aromatic N) is 2. The van der Waals surface area contributed by atoms with Crippen LogP contribution in [0.4, 0.5) is 11.4 Å². The van der Waals surface area contributed by atoms with Crippen LogP contribution in [0.25, 0.3) is 0 Å². The molecule has 0 atom stereocenters. The summed E-state index contributed by atoms with van der Waals surface area (Å²) in [6, 6.07) is 5.00. The van der Waals surface area contributed by atoms with E-state index in [1.54, 1.807) is 12.1 Å². The molecule has 1 aliphatic rings. The monoisotopic (exact) mass is 389 g/mol. The molecule has 6 nitrogen and oxygen atoms in total. The minimum atomic E-state index is -0.410. The Balaban J connectivity index is 1.90. The van der Waals surface area contributed by atoms with Crippen molar-refractivity contribution < 1.29 is 9.72 Å². The third-order valence-corrected chi connectivity index (χ3v) is 3.94. The zero-order valence-corrected chi connectivity index (χ0v) is 13.1. The van der Waals surface area contributed by atoms with Crippen molar-refractivity contribution in [2.45, 2.75) is 19.3 Å². The maximum Gasteiger partial charge on any atom is 0.293 e. The van der Waals surface area contributed by atoms with Crippen molar-refractivity contribution in [3.8, 4) is 0 Å². The lowest BCUT2D eigenvalue weighted by atomic mass is 10.2. The Morgan fingerprint density at radius 2 is 2.10 bits per heavy atom. The molecule has 1 N–H and O–H groups in total. The summed E-state index contributed by atoms with van der Waals surface area (Å²) in [5.74, 6) is 0.114. The van der Waals surface area contributed by atoms with Crippen molar-refractivity contribution in [1.82, 2.24) is 4.90 Å². The largest absolute Gasteiger partial charge is 0.379 e. The summed E-state index contributed by atoms with van der Waals surface area (Å²) < 4.78 is 0.813. The van der Waals surface area contributed by atoms with Crippen molar-refractivity contribution in [3.05, 3.63) is 31.9 Å². The third kappa shape index (κ3) is 3.81. The first-order valence-corrected chi connectivity index (χ1v) is 7.61. The zero-order chi connectivity index (χ0) is 14.5. The number of carbonyl (C=O) groups excluding carboxylic acids is 1. The number of likely N-dealkylation sites (tertiary alicyclic amines) is 1. The Morgan fingerprint density at radius 3 is 2.75 bits per heavy atom. The quantitative estimate of drug-likeness (QED) is 0.477. The van der Waals surface area contributed by atoms with Gasteiger partial charge in [0, 0.05) is 35.7 Å². The molecular weight excluding hydrogens is 373 g/mol. The van der Waals surface area contributed by atoms with Crippen LogP contribution in [-0.2, 0) is 4.79 Å². The van der Waals surface area contributed by atoms with Gasteiger partial charge in [0.1, 0.15) is 5.69 Å². The number of nitrogens with one attached hydrogen (secondary N) is 1. The number of amides is 1. The van der Waals surface area contributed by atoms with Crippen molar-refractivity contribution in [3.63, 3.8) is 0 Å². The van der Waals surface area contributed by atoms with Gasteiger partial charge < -0.3 is 10.2 Å². The molecule has 1 aromatic rings. The van der Waals surface area contributed by atoms with E-state index in [0.717, 1.165) is 29.5 Å². The van der Waals surface area contributed by atoms with E-state index in [1.165, 1.54) is 6.07 Å². The maximum absolute atomic E-state index is 11.9. The summed E-state index contributed by atoms with van der Waals surface area (Å²) >= 11 is 2.04. The van der Waals surface area contributed by atoms with E-state index < -0.39 is 4.92 Å². The molecule has 1 fully saturated rings. The first-order chi connectivity index (χ1) is 9.58. The summed E-state index contributed by atoms with van der Waals surface area (Å²) in [6.07, 6.45) is 2.51. The summed E-state index contributed by atoms with van der Waals surface area (Å²) in [7, 11) is 0. The predicted molar refractivity (Wildman–Crippen MR) is 84.7 cm³/mol. The Labute approximate surface area is 130 Å². The van der Waals surface area contributed by atoms with Crippen molar-refractivity contribution in [1.29, 1.82) is 0 Å². The Morgan fingerprint density at radius 1 is 1.40 bits per heavy atom. The van der Waals surface area contributed by atoms with E-state index in [1.807, 2.05) is 27.5 Å². The van der Waals surface area contributed by atoms with E-state index in [-0.39, 0.29) is 11.6 Å². The molecule has 0 saturated carbocycles. The molecule has 0 bridgehead atoms. The minimum Gasteiger partial charge on any atom is -0.379 e. The summed E-state index contributed by atoms with van der Waals surface area (Å²) in [4.78, 5) is 24.3. The highest BCUT2D eigenvalue weighted by Crippen LogP contribution is 2.26. The van der Waals surface area contributed by atoms with Crippen molar-refractivity contribution in [2.24, 2.45) is 0 Å². The van der Waals surface area contributed by atoms with Gasteiger partial charge in [0.25, 0.3) is 5.69 Å². The molecule has 20 heavy (non-hydrogen) atoms. The van der Waals surface area contributed by atoms with Gasteiger partial charge in [-0.25, -0.2) is 0 Å². The standard InChI is InChI=1S/C13H16IN3O3/c14-10-3-4-11(12(9-10)17(19)20)15-6-5-13(18)16-7-1-2-8-16/h3-4,9,15H,1-2,5-8H2. The molecule has 1 heterocycles. The molecule has 108 valence electrons. The molecule has 1 aromatic carbocycles. The van der Waals surface area contributed by atoms with Crippen LogP contribution < -0.4 is 5.32 Å². The fourth-order valence-corrected chi connectivity index (χ4v) is 2.71. The number of anilines is 1. The second-order valence-electron chi connectivity index (χ2n) is 4.68. The SMILES string of the molecule is O=C(CCNc1ccc(I)cc1[N+](=O)[O-])N1CCCC1. The molecule has 0 aromatic heterocycles. The Bertz CT molecular complexity index is 516. The molecule has 7 heteroatoms. The summed E-state index contributed by atoms with van der Waals surface area (Å²) in [6.45, 7) is 2.09. The van der Waals surface area contributed by atoms with Crippen LogP contribution in [0.1, 0.15) is 19.3 Å². The predicted octanol–water partition coefficient (Wildman–Crippen LogP) is 2.62. The van der Waals surface area contributed by atoms with Crippen molar-refractivity contribution >= 4 is 39.9 Å². The first-order valence-electron chi connectivity index (χ1n) is 6.53. The highest BCUT2D eigenvalue weighted by molar-refractivity contribution is 14.1. The van der Waals surface area contributed by atoms with Crippen LogP contribution in [0.3, 0.4) is 0 Å². The molecular formula is C13H16IN3O3. The lowest BCUT2D eigenvalue weighted by Gasteiger charge is -2.15. The van der Waals surface area contributed by atoms with E-state index in [0.29, 0.717) is 18.7 Å². The normalized spacial score (nSPS) is 14.3. The van der Waals surface area contributed by atoms with Gasteiger partial charge in [-0.1, -0.05) is 0 Å². The zero-order valence-electron chi connectivity index (χ0n) is 11.0. The van der Waals surface area contributed by atoms with E-state index in [4.69, 9.17) is 0 Å². The van der Waals surface area contributed by atoms with Gasteiger partial charge in [0.15, 0.2) is 0 Å². The molecule has 1 aliphatic heterocycles. The molecule has 2 rings (SSSR count). The van der Waals surface area contributed by atoms with Gasteiger partial charge in [-0.2, -0.15) is 0 Å². The number of halogens is 1. The van der Waals surface area contributed by atoms with Crippen molar-refractivity contribution in [2.75, 3.05) is 25.0 Å². The molecule has 1 amide bonds. The minimum absolute atomic E-state index is 0.0468. The highest BCUT2D eigenvalue weighted by Gasteiger charge is 2.18. The average Bonchev–Trinajstić information content (AvgIpc) is 2.94. The molecule has 0 radical (unpaired) electrons. The summed E-state index contributed by atoms with van der Waals surface area (Å²) in [5.41, 5.74) is 0.509. The van der Waals surface area contributed by atoms with Crippen LogP contribution >= 0.6 is 22.6 Å². The van der Waals surface area contributed by atoms with E-state index >= 15 is 0 Å². The second kappa shape index (κ2) is 6.87. The number of benzene rings is 1. The lowest BCUT2D eigenvalue weighted by Crippen LogP contribution is -2.29. The molecule has 0 unspecified atom stereocenters. The van der Waals surface area contributed by atoms with Gasteiger partial charge in [-0.15, -0.1) is 0 Å². The smallest absolute Gasteiger partial charge is 0.293 e. The van der Waals surface area contributed by atoms with Gasteiger partial charge >= 0.3 is 0 Å². The number of rotatable bonds is 5. The van der Waals surface area contributed by atoms with Crippen LogP contribution in [0.15, 0.2) is 18.2 Å². The first kappa shape index (κ1) is 15.0. The van der Waals surface area contributed by atoms with Gasteiger partial charge in [0.2, 0.25) is 5.91 Å². The number of nitro groups is 1. The fraction of sp³-hybridized carbons (Fsp3) is 0.462. The molecule has 0 spiro atoms. The van der Waals surface area contributed by atoms with Crippen LogP contribution in [0, 0.1) is 13.7 Å². The number of nitro benzene ring substituents is 1. The van der Waals surface area contributed by atoms with Gasteiger partial charge in [-0.3, -0.25) is 14.9 Å². The Kier molecular flexibility index (Phi) is 5.16. The molecule has 1 saturated heterocycles. The maximum atomic E-state index is 11.9. The van der Waals surface area contributed by atoms with Crippen LogP contribution in [0.2, 0.25) is 0 Å².